The van der Waals surface area contributed by atoms with Gasteiger partial charge in [-0.15, -0.1) is 0 Å². The number of hydrogen-bond acceptors (Lipinski definition) is 4. The van der Waals surface area contributed by atoms with Crippen LogP contribution >= 0.6 is 0 Å². The van der Waals surface area contributed by atoms with Crippen molar-refractivity contribution in [2.45, 2.75) is 18.9 Å². The molecule has 0 aliphatic heterocycles. The predicted octanol–water partition coefficient (Wildman–Crippen LogP) is 0.528. The molecule has 14 heavy (non-hydrogen) atoms. The van der Waals surface area contributed by atoms with Crippen molar-refractivity contribution in [1.82, 2.24) is 4.98 Å². The molecule has 0 saturated carbocycles. The minimum Gasteiger partial charge on any atom is -0.481 e. The molecule has 0 fully saturated rings. The zero-order valence-electron chi connectivity index (χ0n) is 7.68. The van der Waals surface area contributed by atoms with Crippen LogP contribution in [0.15, 0.2) is 18.5 Å². The Labute approximate surface area is 81.7 Å². The van der Waals surface area contributed by atoms with Crippen molar-refractivity contribution in [2.75, 3.05) is 5.73 Å². The number of hydrogen-bond donors (Lipinski definition) is 3. The van der Waals surface area contributed by atoms with E-state index >= 15 is 0 Å². The van der Waals surface area contributed by atoms with Crippen molar-refractivity contribution < 1.29 is 9.90 Å². The fourth-order valence-electron chi connectivity index (χ4n) is 1.19. The summed E-state index contributed by atoms with van der Waals surface area (Å²) in [5.41, 5.74) is 12.7. The number of nitrogens with two attached hydrogens (primary N) is 2. The first-order valence-electron chi connectivity index (χ1n) is 4.28. The SMILES string of the molecule is Nc1cnccc1[C@H](N)CCC(=O)O. The van der Waals surface area contributed by atoms with Crippen molar-refractivity contribution in [3.05, 3.63) is 24.0 Å². The molecule has 5 nitrogen and oxygen atoms in total. The summed E-state index contributed by atoms with van der Waals surface area (Å²) in [7, 11) is 0. The highest BCUT2D eigenvalue weighted by atomic mass is 16.4. The molecule has 0 radical (unpaired) electrons. The fraction of sp³-hybridized carbons (Fsp3) is 0.333. The molecular weight excluding hydrogens is 182 g/mol. The Kier molecular flexibility index (Phi) is 3.41. The molecule has 76 valence electrons. The van der Waals surface area contributed by atoms with Crippen LogP contribution in [0.3, 0.4) is 0 Å². The highest BCUT2D eigenvalue weighted by Crippen LogP contribution is 2.20. The van der Waals surface area contributed by atoms with Gasteiger partial charge in [0.15, 0.2) is 0 Å². The van der Waals surface area contributed by atoms with E-state index in [0.717, 1.165) is 5.56 Å². The van der Waals surface area contributed by atoms with Gasteiger partial charge in [0.2, 0.25) is 0 Å². The first kappa shape index (κ1) is 10.5. The Bertz CT molecular complexity index is 328. The van der Waals surface area contributed by atoms with Gasteiger partial charge in [0.05, 0.1) is 11.9 Å². The number of nitrogens with zero attached hydrogens (tertiary/aromatic N) is 1. The van der Waals surface area contributed by atoms with Crippen molar-refractivity contribution in [3.8, 4) is 0 Å². The standard InChI is InChI=1S/C9H13N3O2/c10-7(1-2-9(13)14)6-3-4-12-5-8(6)11/h3-5,7H,1-2,10-11H2,(H,13,14)/t7-/m1/s1. The van der Waals surface area contributed by atoms with Crippen molar-refractivity contribution in [1.29, 1.82) is 0 Å². The van der Waals surface area contributed by atoms with Gasteiger partial charge in [-0.05, 0) is 18.1 Å². The summed E-state index contributed by atoms with van der Waals surface area (Å²) >= 11 is 0. The maximum absolute atomic E-state index is 10.3. The molecule has 0 spiro atoms. The second kappa shape index (κ2) is 4.57. The van der Waals surface area contributed by atoms with E-state index in [1.807, 2.05) is 0 Å². The number of pyridine rings is 1. The lowest BCUT2D eigenvalue weighted by atomic mass is 10.0. The van der Waals surface area contributed by atoms with Gasteiger partial charge >= 0.3 is 5.97 Å². The molecule has 0 aliphatic rings. The average molecular weight is 195 g/mol. The van der Waals surface area contributed by atoms with E-state index in [1.54, 1.807) is 12.3 Å². The zero-order chi connectivity index (χ0) is 10.6. The van der Waals surface area contributed by atoms with Crippen LogP contribution in [0, 0.1) is 0 Å². The number of nitrogen functional groups attached to an aromatic ring is 1. The lowest BCUT2D eigenvalue weighted by Gasteiger charge is -2.12. The van der Waals surface area contributed by atoms with Crippen LogP contribution in [0.5, 0.6) is 0 Å². The average Bonchev–Trinajstić information content (AvgIpc) is 2.15. The molecule has 1 aromatic heterocycles. The van der Waals surface area contributed by atoms with Gasteiger partial charge in [0.25, 0.3) is 0 Å². The van der Waals surface area contributed by atoms with Crippen LogP contribution in [-0.4, -0.2) is 16.1 Å². The van der Waals surface area contributed by atoms with Gasteiger partial charge in [-0.25, -0.2) is 0 Å². The van der Waals surface area contributed by atoms with Crippen molar-refractivity contribution >= 4 is 11.7 Å². The highest BCUT2D eigenvalue weighted by Gasteiger charge is 2.10. The van der Waals surface area contributed by atoms with E-state index in [1.165, 1.54) is 6.20 Å². The number of aliphatic carboxylic acids is 1. The van der Waals surface area contributed by atoms with Crippen LogP contribution in [-0.2, 0) is 4.79 Å². The van der Waals surface area contributed by atoms with Crippen LogP contribution in [0.1, 0.15) is 24.4 Å². The van der Waals surface area contributed by atoms with Crippen LogP contribution in [0.4, 0.5) is 5.69 Å². The third kappa shape index (κ3) is 2.70. The molecule has 1 rings (SSSR count). The summed E-state index contributed by atoms with van der Waals surface area (Å²) in [6.45, 7) is 0. The minimum absolute atomic E-state index is 0.0446. The lowest BCUT2D eigenvalue weighted by Crippen LogP contribution is -2.14. The van der Waals surface area contributed by atoms with Crippen LogP contribution in [0.2, 0.25) is 0 Å². The van der Waals surface area contributed by atoms with Gasteiger partial charge in [-0.3, -0.25) is 9.78 Å². The smallest absolute Gasteiger partial charge is 0.303 e. The summed E-state index contributed by atoms with van der Waals surface area (Å²) in [6, 6.07) is 1.37. The Morgan fingerprint density at radius 1 is 1.64 bits per heavy atom. The van der Waals surface area contributed by atoms with E-state index in [9.17, 15) is 4.79 Å². The van der Waals surface area contributed by atoms with Crippen molar-refractivity contribution in [3.63, 3.8) is 0 Å². The van der Waals surface area contributed by atoms with Gasteiger partial charge in [0.1, 0.15) is 0 Å². The monoisotopic (exact) mass is 195 g/mol. The zero-order valence-corrected chi connectivity index (χ0v) is 7.68. The number of carboxylic acid groups (broad SMARTS) is 1. The van der Waals surface area contributed by atoms with Crippen LogP contribution in [0.25, 0.3) is 0 Å². The summed E-state index contributed by atoms with van der Waals surface area (Å²) in [5.74, 6) is -0.854. The molecule has 5 N–H and O–H groups in total. The summed E-state index contributed by atoms with van der Waals surface area (Å²) in [5, 5.41) is 8.48. The molecule has 0 amide bonds. The quantitative estimate of drug-likeness (QED) is 0.650. The summed E-state index contributed by atoms with van der Waals surface area (Å²) in [6.07, 6.45) is 3.52. The van der Waals surface area contributed by atoms with Gasteiger partial charge in [0, 0.05) is 18.7 Å². The molecule has 0 aliphatic carbocycles. The van der Waals surface area contributed by atoms with E-state index in [-0.39, 0.29) is 12.5 Å². The third-order valence-corrected chi connectivity index (χ3v) is 1.96. The maximum Gasteiger partial charge on any atom is 0.303 e. The molecule has 0 saturated heterocycles. The van der Waals surface area contributed by atoms with Crippen molar-refractivity contribution in [2.24, 2.45) is 5.73 Å². The first-order chi connectivity index (χ1) is 6.61. The summed E-state index contributed by atoms with van der Waals surface area (Å²) < 4.78 is 0. The second-order valence-corrected chi connectivity index (χ2v) is 3.04. The lowest BCUT2D eigenvalue weighted by molar-refractivity contribution is -0.137. The molecule has 0 aromatic carbocycles. The molecule has 1 aromatic rings. The fourth-order valence-corrected chi connectivity index (χ4v) is 1.19. The second-order valence-electron chi connectivity index (χ2n) is 3.04. The van der Waals surface area contributed by atoms with Gasteiger partial charge < -0.3 is 16.6 Å². The molecule has 1 atom stereocenters. The summed E-state index contributed by atoms with van der Waals surface area (Å²) in [4.78, 5) is 14.1. The molecule has 0 bridgehead atoms. The Morgan fingerprint density at radius 2 is 2.36 bits per heavy atom. The number of rotatable bonds is 4. The number of aromatic nitrogens is 1. The Balaban J connectivity index is 2.65. The Morgan fingerprint density at radius 3 is 2.93 bits per heavy atom. The number of anilines is 1. The van der Waals surface area contributed by atoms with E-state index in [0.29, 0.717) is 12.1 Å². The normalized spacial score (nSPS) is 12.4. The first-order valence-corrected chi connectivity index (χ1v) is 4.28. The Hall–Kier alpha value is -1.62. The van der Waals surface area contributed by atoms with E-state index in [4.69, 9.17) is 16.6 Å². The predicted molar refractivity (Wildman–Crippen MR) is 52.4 cm³/mol. The maximum atomic E-state index is 10.3. The third-order valence-electron chi connectivity index (χ3n) is 1.96. The number of carbonyl (C=O) groups is 1. The highest BCUT2D eigenvalue weighted by molar-refractivity contribution is 5.66. The largest absolute Gasteiger partial charge is 0.481 e. The molecular formula is C9H13N3O2. The molecule has 1 heterocycles. The molecule has 5 heteroatoms. The van der Waals surface area contributed by atoms with E-state index in [2.05, 4.69) is 4.98 Å². The minimum atomic E-state index is -0.854. The van der Waals surface area contributed by atoms with Gasteiger partial charge in [-0.1, -0.05) is 0 Å². The number of carboxylic acids is 1. The topological polar surface area (TPSA) is 102 Å². The molecule has 0 unspecified atom stereocenters. The van der Waals surface area contributed by atoms with Crippen LogP contribution < -0.4 is 11.5 Å². The van der Waals surface area contributed by atoms with Gasteiger partial charge in [-0.2, -0.15) is 0 Å². The van der Waals surface area contributed by atoms with E-state index < -0.39 is 5.97 Å².